The number of ketones is 1. The van der Waals surface area contributed by atoms with Crippen LogP contribution in [0.1, 0.15) is 19.8 Å². The second-order valence-corrected chi connectivity index (χ2v) is 4.41. The van der Waals surface area contributed by atoms with Crippen molar-refractivity contribution in [3.63, 3.8) is 0 Å². The first-order valence-electron chi connectivity index (χ1n) is 5.53. The summed E-state index contributed by atoms with van der Waals surface area (Å²) in [5.41, 5.74) is 0.280. The molecule has 0 unspecified atom stereocenters. The van der Waals surface area contributed by atoms with Crippen molar-refractivity contribution in [1.29, 1.82) is 0 Å². The number of alkyl halides is 3. The number of hydrogen-bond acceptors (Lipinski definition) is 3. The quantitative estimate of drug-likeness (QED) is 0.774. The molecule has 0 aliphatic carbocycles. The summed E-state index contributed by atoms with van der Waals surface area (Å²) in [7, 11) is 2.01. The highest BCUT2D eigenvalue weighted by Crippen LogP contribution is 2.17. The Kier molecular flexibility index (Phi) is 4.56. The van der Waals surface area contributed by atoms with Gasteiger partial charge in [-0.1, -0.05) is 0 Å². The smallest absolute Gasteiger partial charge is 0.386 e. The average Bonchev–Trinajstić information content (AvgIpc) is 2.20. The van der Waals surface area contributed by atoms with Gasteiger partial charge in [-0.25, -0.2) is 0 Å². The molecule has 1 aliphatic rings. The van der Waals surface area contributed by atoms with E-state index in [1.807, 2.05) is 7.05 Å². The lowest BCUT2D eigenvalue weighted by Gasteiger charge is -2.30. The monoisotopic (exact) mass is 250 g/mol. The van der Waals surface area contributed by atoms with Crippen LogP contribution in [0.4, 0.5) is 13.2 Å². The van der Waals surface area contributed by atoms with Crippen molar-refractivity contribution >= 4 is 5.78 Å². The molecule has 0 bridgehead atoms. The Balaban J connectivity index is 2.46. The zero-order valence-corrected chi connectivity index (χ0v) is 9.97. The lowest BCUT2D eigenvalue weighted by molar-refractivity contribution is -0.165. The molecule has 0 saturated carbocycles. The van der Waals surface area contributed by atoms with E-state index >= 15 is 0 Å². The average molecular weight is 250 g/mol. The number of hydrogen-bond donors (Lipinski definition) is 1. The van der Waals surface area contributed by atoms with E-state index in [-0.39, 0.29) is 11.7 Å². The van der Waals surface area contributed by atoms with Crippen LogP contribution in [0.2, 0.25) is 0 Å². The molecule has 0 spiro atoms. The molecule has 1 fully saturated rings. The predicted molar refractivity (Wildman–Crippen MR) is 58.5 cm³/mol. The molecule has 1 aliphatic heterocycles. The normalized spacial score (nSPS) is 20.4. The van der Waals surface area contributed by atoms with E-state index < -0.39 is 12.0 Å². The molecule has 0 aromatic carbocycles. The van der Waals surface area contributed by atoms with Crippen LogP contribution in [0.25, 0.3) is 0 Å². The zero-order chi connectivity index (χ0) is 13.1. The van der Waals surface area contributed by atoms with E-state index in [1.165, 1.54) is 6.92 Å². The number of allylic oxidation sites excluding steroid dienone is 2. The minimum atomic E-state index is -4.78. The maximum absolute atomic E-state index is 12.0. The first-order chi connectivity index (χ1) is 7.79. The van der Waals surface area contributed by atoms with E-state index in [4.69, 9.17) is 0 Å². The van der Waals surface area contributed by atoms with E-state index in [1.54, 1.807) is 0 Å². The van der Waals surface area contributed by atoms with Crippen LogP contribution in [0, 0.1) is 0 Å². The molecule has 1 N–H and O–H groups in total. The molecule has 1 heterocycles. The van der Waals surface area contributed by atoms with Crippen molar-refractivity contribution in [3.05, 3.63) is 11.8 Å². The van der Waals surface area contributed by atoms with E-state index in [0.29, 0.717) is 6.08 Å². The Morgan fingerprint density at radius 1 is 1.35 bits per heavy atom. The van der Waals surface area contributed by atoms with Crippen LogP contribution in [-0.2, 0) is 4.79 Å². The van der Waals surface area contributed by atoms with Crippen LogP contribution in [-0.4, -0.2) is 43.0 Å². The van der Waals surface area contributed by atoms with Gasteiger partial charge in [0.05, 0.1) is 0 Å². The highest BCUT2D eigenvalue weighted by molar-refractivity contribution is 5.94. The fourth-order valence-electron chi connectivity index (χ4n) is 1.80. The predicted octanol–water partition coefficient (Wildman–Crippen LogP) is 1.71. The molecule has 98 valence electrons. The molecule has 17 heavy (non-hydrogen) atoms. The Morgan fingerprint density at radius 3 is 2.35 bits per heavy atom. The Hall–Kier alpha value is -1.04. The number of carbonyl (C=O) groups excluding carboxylic acids is 1. The van der Waals surface area contributed by atoms with Gasteiger partial charge in [-0.2, -0.15) is 13.2 Å². The van der Waals surface area contributed by atoms with Crippen molar-refractivity contribution in [2.75, 3.05) is 20.1 Å². The summed E-state index contributed by atoms with van der Waals surface area (Å²) in [6, 6.07) is 0.156. The van der Waals surface area contributed by atoms with Crippen molar-refractivity contribution in [3.8, 4) is 0 Å². The SMILES string of the molecule is C/C(=C\C(=O)C(F)(F)F)NC1CCN(C)CC1. The van der Waals surface area contributed by atoms with Gasteiger partial charge in [-0.05, 0) is 39.9 Å². The van der Waals surface area contributed by atoms with Crippen molar-refractivity contribution in [2.45, 2.75) is 32.0 Å². The molecular formula is C11H17F3N2O. The highest BCUT2D eigenvalue weighted by Gasteiger charge is 2.36. The molecule has 0 aromatic heterocycles. The summed E-state index contributed by atoms with van der Waals surface area (Å²) in [5.74, 6) is -1.81. The van der Waals surface area contributed by atoms with Gasteiger partial charge in [0.1, 0.15) is 0 Å². The maximum Gasteiger partial charge on any atom is 0.454 e. The Morgan fingerprint density at radius 2 is 1.88 bits per heavy atom. The minimum Gasteiger partial charge on any atom is -0.386 e. The van der Waals surface area contributed by atoms with Gasteiger partial charge in [0.2, 0.25) is 0 Å². The molecule has 3 nitrogen and oxygen atoms in total. The molecule has 1 saturated heterocycles. The molecule has 0 atom stereocenters. The largest absolute Gasteiger partial charge is 0.454 e. The van der Waals surface area contributed by atoms with E-state index in [9.17, 15) is 18.0 Å². The highest BCUT2D eigenvalue weighted by atomic mass is 19.4. The van der Waals surface area contributed by atoms with Crippen molar-refractivity contribution in [2.24, 2.45) is 0 Å². The number of likely N-dealkylation sites (tertiary alicyclic amines) is 1. The van der Waals surface area contributed by atoms with Gasteiger partial charge in [-0.3, -0.25) is 4.79 Å². The van der Waals surface area contributed by atoms with E-state index in [2.05, 4.69) is 10.2 Å². The second kappa shape index (κ2) is 5.53. The summed E-state index contributed by atoms with van der Waals surface area (Å²) in [6.45, 7) is 3.32. The van der Waals surface area contributed by atoms with Gasteiger partial charge in [0.15, 0.2) is 0 Å². The summed E-state index contributed by atoms with van der Waals surface area (Å²) >= 11 is 0. The third kappa shape index (κ3) is 4.77. The van der Waals surface area contributed by atoms with Gasteiger partial charge in [0.25, 0.3) is 5.78 Å². The first-order valence-corrected chi connectivity index (χ1v) is 5.53. The Labute approximate surface area is 98.7 Å². The number of carbonyl (C=O) groups is 1. The summed E-state index contributed by atoms with van der Waals surface area (Å²) in [5, 5.41) is 2.96. The third-order valence-electron chi connectivity index (χ3n) is 2.78. The molecule has 1 rings (SSSR count). The molecule has 0 amide bonds. The van der Waals surface area contributed by atoms with Crippen LogP contribution < -0.4 is 5.32 Å². The number of rotatable bonds is 3. The van der Waals surface area contributed by atoms with Crippen LogP contribution in [0.3, 0.4) is 0 Å². The van der Waals surface area contributed by atoms with Crippen molar-refractivity contribution in [1.82, 2.24) is 10.2 Å². The number of nitrogens with zero attached hydrogens (tertiary/aromatic N) is 1. The van der Waals surface area contributed by atoms with Crippen LogP contribution >= 0.6 is 0 Å². The van der Waals surface area contributed by atoms with Gasteiger partial charge >= 0.3 is 6.18 Å². The summed E-state index contributed by atoms with van der Waals surface area (Å²) < 4.78 is 36.0. The topological polar surface area (TPSA) is 32.3 Å². The minimum absolute atomic E-state index is 0.156. The van der Waals surface area contributed by atoms with Gasteiger partial charge in [0, 0.05) is 17.8 Å². The van der Waals surface area contributed by atoms with Gasteiger partial charge in [-0.15, -0.1) is 0 Å². The molecule has 0 radical (unpaired) electrons. The standard InChI is InChI=1S/C11H17F3N2O/c1-8(7-10(17)11(12,13)14)15-9-3-5-16(2)6-4-9/h7,9,15H,3-6H2,1-2H3/b8-7+. The number of piperidine rings is 1. The van der Waals surface area contributed by atoms with E-state index in [0.717, 1.165) is 25.9 Å². The Bertz CT molecular complexity index is 304. The number of halogens is 3. The van der Waals surface area contributed by atoms with Gasteiger partial charge < -0.3 is 10.2 Å². The van der Waals surface area contributed by atoms with Crippen LogP contribution in [0.15, 0.2) is 11.8 Å². The molecule has 0 aromatic rings. The van der Waals surface area contributed by atoms with Crippen LogP contribution in [0.5, 0.6) is 0 Å². The fraction of sp³-hybridized carbons (Fsp3) is 0.727. The first kappa shape index (κ1) is 14.0. The molecular weight excluding hydrogens is 233 g/mol. The second-order valence-electron chi connectivity index (χ2n) is 4.41. The zero-order valence-electron chi connectivity index (χ0n) is 9.97. The summed E-state index contributed by atoms with van der Waals surface area (Å²) in [4.78, 5) is 12.9. The lowest BCUT2D eigenvalue weighted by atomic mass is 10.1. The lowest BCUT2D eigenvalue weighted by Crippen LogP contribution is -2.40. The van der Waals surface area contributed by atoms with Crippen molar-refractivity contribution < 1.29 is 18.0 Å². The maximum atomic E-state index is 12.0. The third-order valence-corrected chi connectivity index (χ3v) is 2.78. The fourth-order valence-corrected chi connectivity index (χ4v) is 1.80. The summed E-state index contributed by atoms with van der Waals surface area (Å²) in [6.07, 6.45) is -2.40. The molecule has 6 heteroatoms. The number of nitrogens with one attached hydrogen (secondary N) is 1.